The topological polar surface area (TPSA) is 25.8 Å². The Labute approximate surface area is 301 Å². The number of rotatable bonds is 2. The monoisotopic (exact) mass is 807 g/mol. The Balaban J connectivity index is 0.000000193. The Bertz CT molecular complexity index is 2020. The molecule has 0 fully saturated rings. The standard InChI is InChI=1S/C26H22N.C19H24N.Ir/c1-16-9-10-20(13-17(16)2)25-24-21(11-12-27-25)22-14-18-7-5-6-8-19(18)15-23(22)26(24,3)4;1-18(2,3)15-9-7-14(8-10-15)17-12-11-16(13-20-17)19(4,5)6;/h5-9,11-15H,1-4H3;7,9-13H,1-6H3;/q2*-1;. The van der Waals surface area contributed by atoms with Gasteiger partial charge in [0.1, 0.15) is 0 Å². The van der Waals surface area contributed by atoms with E-state index in [0.29, 0.717) is 0 Å². The van der Waals surface area contributed by atoms with E-state index in [9.17, 15) is 0 Å². The molecule has 1 aliphatic rings. The number of fused-ring (bicyclic) bond motifs is 4. The van der Waals surface area contributed by atoms with Gasteiger partial charge in [-0.1, -0.05) is 106 Å². The number of aryl methyl sites for hydroxylation is 2. The molecule has 7 rings (SSSR count). The summed E-state index contributed by atoms with van der Waals surface area (Å²) in [5.41, 5.74) is 14.8. The van der Waals surface area contributed by atoms with Crippen molar-refractivity contribution in [3.05, 3.63) is 143 Å². The summed E-state index contributed by atoms with van der Waals surface area (Å²) in [5.74, 6) is 0. The molecular formula is C45H46IrN2-2. The van der Waals surface area contributed by atoms with Gasteiger partial charge < -0.3 is 9.97 Å². The molecule has 4 aromatic carbocycles. The van der Waals surface area contributed by atoms with Gasteiger partial charge in [0.25, 0.3) is 0 Å². The molecule has 0 N–H and O–H groups in total. The van der Waals surface area contributed by atoms with Gasteiger partial charge in [0.05, 0.1) is 0 Å². The number of hydrogen-bond donors (Lipinski definition) is 0. The van der Waals surface area contributed by atoms with Gasteiger partial charge in [-0.25, -0.2) is 0 Å². The van der Waals surface area contributed by atoms with Crippen LogP contribution in [0.2, 0.25) is 0 Å². The van der Waals surface area contributed by atoms with Crippen molar-refractivity contribution in [3.8, 4) is 33.6 Å². The van der Waals surface area contributed by atoms with Gasteiger partial charge in [-0.05, 0) is 79.0 Å². The normalized spacial score (nSPS) is 13.2. The molecule has 0 aliphatic heterocycles. The van der Waals surface area contributed by atoms with Crippen molar-refractivity contribution in [2.24, 2.45) is 0 Å². The molecule has 2 aromatic heterocycles. The van der Waals surface area contributed by atoms with Crippen LogP contribution in [-0.4, -0.2) is 9.97 Å². The summed E-state index contributed by atoms with van der Waals surface area (Å²) in [4.78, 5) is 9.38. The molecule has 247 valence electrons. The molecule has 2 nitrogen and oxygen atoms in total. The van der Waals surface area contributed by atoms with Crippen molar-refractivity contribution in [1.82, 2.24) is 9.97 Å². The molecule has 0 atom stereocenters. The molecule has 0 saturated heterocycles. The Kier molecular flexibility index (Phi) is 9.72. The van der Waals surface area contributed by atoms with Gasteiger partial charge in [0.15, 0.2) is 0 Å². The maximum absolute atomic E-state index is 4.81. The van der Waals surface area contributed by atoms with Gasteiger partial charge in [-0.3, -0.25) is 0 Å². The smallest absolute Gasteiger partial charge is 0.0198 e. The third-order valence-electron chi connectivity index (χ3n) is 9.69. The molecule has 2 heterocycles. The first kappa shape index (κ1) is 35.4. The largest absolute Gasteiger partial charge is 0.304 e. The van der Waals surface area contributed by atoms with Crippen molar-refractivity contribution in [1.29, 1.82) is 0 Å². The number of benzene rings is 4. The summed E-state index contributed by atoms with van der Waals surface area (Å²) in [5, 5.41) is 2.58. The maximum atomic E-state index is 4.81. The van der Waals surface area contributed by atoms with Crippen molar-refractivity contribution < 1.29 is 20.1 Å². The molecule has 0 bridgehead atoms. The second-order valence-corrected chi connectivity index (χ2v) is 15.6. The van der Waals surface area contributed by atoms with E-state index >= 15 is 0 Å². The predicted molar refractivity (Wildman–Crippen MR) is 199 cm³/mol. The first-order chi connectivity index (χ1) is 22.1. The molecule has 1 radical (unpaired) electrons. The van der Waals surface area contributed by atoms with Gasteiger partial charge in [-0.2, -0.15) is 0 Å². The van der Waals surface area contributed by atoms with Crippen LogP contribution in [-0.2, 0) is 36.4 Å². The van der Waals surface area contributed by atoms with Gasteiger partial charge in [0.2, 0.25) is 0 Å². The quantitative estimate of drug-likeness (QED) is 0.163. The zero-order valence-corrected chi connectivity index (χ0v) is 32.4. The van der Waals surface area contributed by atoms with Crippen LogP contribution in [0.3, 0.4) is 0 Å². The average molecular weight is 807 g/mol. The summed E-state index contributed by atoms with van der Waals surface area (Å²) < 4.78 is 0. The molecule has 3 heteroatoms. The van der Waals surface area contributed by atoms with E-state index in [0.717, 1.165) is 22.5 Å². The Morgan fingerprint density at radius 2 is 1.27 bits per heavy atom. The maximum Gasteiger partial charge on any atom is 0.0198 e. The molecule has 0 saturated carbocycles. The third-order valence-corrected chi connectivity index (χ3v) is 9.69. The average Bonchev–Trinajstić information content (AvgIpc) is 3.26. The molecule has 0 spiro atoms. The summed E-state index contributed by atoms with van der Waals surface area (Å²) in [6.45, 7) is 22.2. The van der Waals surface area contributed by atoms with Crippen molar-refractivity contribution >= 4 is 10.8 Å². The van der Waals surface area contributed by atoms with Crippen LogP contribution >= 0.6 is 0 Å². The summed E-state index contributed by atoms with van der Waals surface area (Å²) >= 11 is 0. The Morgan fingerprint density at radius 3 is 1.85 bits per heavy atom. The minimum atomic E-state index is -0.0923. The van der Waals surface area contributed by atoms with Gasteiger partial charge in [0, 0.05) is 37.9 Å². The zero-order chi connectivity index (χ0) is 33.7. The molecule has 48 heavy (non-hydrogen) atoms. The van der Waals surface area contributed by atoms with E-state index in [1.807, 2.05) is 12.4 Å². The Hall–Kier alpha value is -3.91. The van der Waals surface area contributed by atoms with Crippen LogP contribution in [0, 0.1) is 26.0 Å². The van der Waals surface area contributed by atoms with Gasteiger partial charge >= 0.3 is 0 Å². The first-order valence-corrected chi connectivity index (χ1v) is 16.7. The van der Waals surface area contributed by atoms with Crippen molar-refractivity contribution in [2.45, 2.75) is 85.5 Å². The van der Waals surface area contributed by atoms with Crippen molar-refractivity contribution in [3.63, 3.8) is 0 Å². The van der Waals surface area contributed by atoms with E-state index in [2.05, 4.69) is 171 Å². The third kappa shape index (κ3) is 6.82. The van der Waals surface area contributed by atoms with E-state index in [1.165, 1.54) is 55.3 Å². The minimum Gasteiger partial charge on any atom is -0.304 e. The van der Waals surface area contributed by atoms with Crippen LogP contribution in [0.25, 0.3) is 44.4 Å². The van der Waals surface area contributed by atoms with E-state index in [-0.39, 0.29) is 36.4 Å². The van der Waals surface area contributed by atoms with Crippen LogP contribution in [0.4, 0.5) is 0 Å². The fourth-order valence-electron chi connectivity index (χ4n) is 6.49. The second kappa shape index (κ2) is 13.2. The fraction of sp³-hybridized carbons (Fsp3) is 0.289. The summed E-state index contributed by atoms with van der Waals surface area (Å²) in [7, 11) is 0. The van der Waals surface area contributed by atoms with Crippen LogP contribution in [0.5, 0.6) is 0 Å². The molecular weight excluding hydrogens is 761 g/mol. The first-order valence-electron chi connectivity index (χ1n) is 16.7. The molecule has 6 aromatic rings. The van der Waals surface area contributed by atoms with E-state index in [4.69, 9.17) is 4.98 Å². The predicted octanol–water partition coefficient (Wildman–Crippen LogP) is 11.8. The van der Waals surface area contributed by atoms with E-state index in [1.54, 1.807) is 0 Å². The molecule has 0 unspecified atom stereocenters. The fourth-order valence-corrected chi connectivity index (χ4v) is 6.49. The molecule has 0 amide bonds. The van der Waals surface area contributed by atoms with Crippen LogP contribution in [0.1, 0.15) is 88.8 Å². The number of hydrogen-bond acceptors (Lipinski definition) is 2. The van der Waals surface area contributed by atoms with Crippen LogP contribution < -0.4 is 0 Å². The summed E-state index contributed by atoms with van der Waals surface area (Å²) in [6.07, 6.45) is 3.92. The number of nitrogens with zero attached hydrogens (tertiary/aromatic N) is 2. The van der Waals surface area contributed by atoms with Crippen LogP contribution in [0.15, 0.2) is 97.3 Å². The molecule has 1 aliphatic carbocycles. The zero-order valence-electron chi connectivity index (χ0n) is 30.0. The summed E-state index contributed by atoms with van der Waals surface area (Å²) in [6, 6.07) is 37.2. The SMILES string of the molecule is CC(C)(C)c1c[c-]c(-c2ccc(C(C)(C)C)cn2)cc1.Cc1c[c-]c(-c2nccc3c2C(C)(C)c2cc4ccccc4cc2-3)cc1C.[Ir]. The number of pyridine rings is 2. The van der Waals surface area contributed by atoms with E-state index < -0.39 is 0 Å². The van der Waals surface area contributed by atoms with Gasteiger partial charge in [-0.15, -0.1) is 70.3 Å². The number of aromatic nitrogens is 2. The minimum absolute atomic E-state index is 0. The van der Waals surface area contributed by atoms with Crippen molar-refractivity contribution in [2.75, 3.05) is 0 Å². The Morgan fingerprint density at radius 1 is 0.625 bits per heavy atom. The second-order valence-electron chi connectivity index (χ2n) is 15.6.